The maximum Gasteiger partial charge on any atom is 0.433 e. The summed E-state index contributed by atoms with van der Waals surface area (Å²) in [4.78, 5) is 7.00. The number of benzene rings is 1. The van der Waals surface area contributed by atoms with Gasteiger partial charge in [-0.15, -0.1) is 0 Å². The van der Waals surface area contributed by atoms with Crippen LogP contribution in [-0.4, -0.2) is 9.97 Å². The molecule has 7 heteroatoms. The summed E-state index contributed by atoms with van der Waals surface area (Å²) >= 11 is 0. The highest BCUT2D eigenvalue weighted by molar-refractivity contribution is 5.54. The Hall–Kier alpha value is -2.31. The average molecular weight is 283 g/mol. The minimum atomic E-state index is -4.54. The molecule has 0 aliphatic heterocycles. The van der Waals surface area contributed by atoms with Gasteiger partial charge in [-0.1, -0.05) is 6.07 Å². The third kappa shape index (κ3) is 2.98. The lowest BCUT2D eigenvalue weighted by Crippen LogP contribution is -2.09. The monoisotopic (exact) mass is 283 g/mol. The van der Waals surface area contributed by atoms with Crippen molar-refractivity contribution in [3.63, 3.8) is 0 Å². The summed E-state index contributed by atoms with van der Waals surface area (Å²) < 4.78 is 42.9. The number of ether oxygens (including phenoxy) is 1. The lowest BCUT2D eigenvalue weighted by molar-refractivity contribution is -0.141. The highest BCUT2D eigenvalue weighted by Gasteiger charge is 2.33. The van der Waals surface area contributed by atoms with Crippen molar-refractivity contribution < 1.29 is 17.9 Å². The summed E-state index contributed by atoms with van der Waals surface area (Å²) in [5, 5.41) is 0. The SMILES string of the molecule is Cc1cc(C)c(Oc2nccc(C(F)(F)F)n2)cc1N. The van der Waals surface area contributed by atoms with Crippen LogP contribution in [0, 0.1) is 13.8 Å². The van der Waals surface area contributed by atoms with E-state index < -0.39 is 11.9 Å². The molecule has 2 N–H and O–H groups in total. The third-order valence-corrected chi connectivity index (χ3v) is 2.69. The first-order valence-corrected chi connectivity index (χ1v) is 5.72. The van der Waals surface area contributed by atoms with E-state index in [1.807, 2.05) is 6.92 Å². The van der Waals surface area contributed by atoms with Gasteiger partial charge in [-0.2, -0.15) is 18.2 Å². The van der Waals surface area contributed by atoms with Crippen LogP contribution in [0.25, 0.3) is 0 Å². The molecule has 1 aromatic heterocycles. The first kappa shape index (κ1) is 14.1. The van der Waals surface area contributed by atoms with Gasteiger partial charge in [0, 0.05) is 18.0 Å². The Labute approximate surface area is 113 Å². The van der Waals surface area contributed by atoms with E-state index >= 15 is 0 Å². The molecule has 0 spiro atoms. The molecule has 1 heterocycles. The van der Waals surface area contributed by atoms with Crippen molar-refractivity contribution in [3.8, 4) is 11.8 Å². The smallest absolute Gasteiger partial charge is 0.424 e. The van der Waals surface area contributed by atoms with E-state index in [2.05, 4.69) is 9.97 Å². The molecule has 0 bridgehead atoms. The van der Waals surface area contributed by atoms with E-state index in [4.69, 9.17) is 10.5 Å². The number of rotatable bonds is 2. The number of aromatic nitrogens is 2. The van der Waals surface area contributed by atoms with Gasteiger partial charge in [-0.25, -0.2) is 4.98 Å². The molecule has 0 aliphatic rings. The predicted molar refractivity (Wildman–Crippen MR) is 67.4 cm³/mol. The van der Waals surface area contributed by atoms with Crippen molar-refractivity contribution in [3.05, 3.63) is 41.2 Å². The second-order valence-corrected chi connectivity index (χ2v) is 4.30. The number of nitrogens with zero attached hydrogens (tertiary/aromatic N) is 2. The molecule has 2 rings (SSSR count). The summed E-state index contributed by atoms with van der Waals surface area (Å²) in [6.07, 6.45) is -3.54. The number of nitrogens with two attached hydrogens (primary N) is 1. The average Bonchev–Trinajstić information content (AvgIpc) is 2.35. The second kappa shape index (κ2) is 4.99. The van der Waals surface area contributed by atoms with E-state index in [9.17, 15) is 13.2 Å². The topological polar surface area (TPSA) is 61.0 Å². The van der Waals surface area contributed by atoms with E-state index in [0.29, 0.717) is 11.4 Å². The summed E-state index contributed by atoms with van der Waals surface area (Å²) in [6.45, 7) is 3.59. The van der Waals surface area contributed by atoms with Gasteiger partial charge in [0.2, 0.25) is 0 Å². The van der Waals surface area contributed by atoms with Crippen LogP contribution in [0.1, 0.15) is 16.8 Å². The standard InChI is InChI=1S/C13H12F3N3O/c1-7-5-8(2)10(6-9(7)17)20-12-18-4-3-11(19-12)13(14,15)16/h3-6H,17H2,1-2H3. The van der Waals surface area contributed by atoms with Gasteiger partial charge in [0.15, 0.2) is 5.69 Å². The maximum atomic E-state index is 12.5. The molecular formula is C13H12F3N3O. The predicted octanol–water partition coefficient (Wildman–Crippen LogP) is 3.49. The molecule has 106 valence electrons. The van der Waals surface area contributed by atoms with Crippen LogP contribution in [0.2, 0.25) is 0 Å². The Morgan fingerprint density at radius 2 is 1.85 bits per heavy atom. The van der Waals surface area contributed by atoms with Crippen molar-refractivity contribution >= 4 is 5.69 Å². The summed E-state index contributed by atoms with van der Waals surface area (Å²) in [5.41, 5.74) is 6.76. The van der Waals surface area contributed by atoms with Crippen LogP contribution in [0.5, 0.6) is 11.8 Å². The molecule has 0 fully saturated rings. The first-order valence-electron chi connectivity index (χ1n) is 5.72. The molecule has 1 aromatic carbocycles. The number of halogens is 3. The fourth-order valence-corrected chi connectivity index (χ4v) is 1.60. The number of alkyl halides is 3. The number of anilines is 1. The molecule has 0 radical (unpaired) electrons. The van der Waals surface area contributed by atoms with Crippen molar-refractivity contribution in [2.24, 2.45) is 0 Å². The zero-order valence-corrected chi connectivity index (χ0v) is 10.8. The fourth-order valence-electron chi connectivity index (χ4n) is 1.60. The van der Waals surface area contributed by atoms with Crippen LogP contribution >= 0.6 is 0 Å². The molecule has 20 heavy (non-hydrogen) atoms. The van der Waals surface area contributed by atoms with Crippen molar-refractivity contribution in [1.82, 2.24) is 9.97 Å². The quantitative estimate of drug-likeness (QED) is 0.857. The number of hydrogen-bond acceptors (Lipinski definition) is 4. The van der Waals surface area contributed by atoms with Crippen LogP contribution < -0.4 is 10.5 Å². The van der Waals surface area contributed by atoms with Crippen molar-refractivity contribution in [2.45, 2.75) is 20.0 Å². The van der Waals surface area contributed by atoms with Gasteiger partial charge in [-0.3, -0.25) is 0 Å². The molecule has 0 amide bonds. The van der Waals surface area contributed by atoms with Crippen LogP contribution in [0.4, 0.5) is 18.9 Å². The van der Waals surface area contributed by atoms with Crippen molar-refractivity contribution in [2.75, 3.05) is 5.73 Å². The van der Waals surface area contributed by atoms with Gasteiger partial charge in [0.1, 0.15) is 5.75 Å². The second-order valence-electron chi connectivity index (χ2n) is 4.30. The van der Waals surface area contributed by atoms with Gasteiger partial charge in [-0.05, 0) is 31.0 Å². The van der Waals surface area contributed by atoms with Crippen LogP contribution in [-0.2, 0) is 6.18 Å². The van der Waals surface area contributed by atoms with Gasteiger partial charge in [0.25, 0.3) is 0 Å². The Morgan fingerprint density at radius 1 is 1.15 bits per heavy atom. The summed E-state index contributed by atoms with van der Waals surface area (Å²) in [6, 6.07) is 3.72. The lowest BCUT2D eigenvalue weighted by atomic mass is 10.1. The lowest BCUT2D eigenvalue weighted by Gasteiger charge is -2.11. The molecule has 0 aliphatic carbocycles. The zero-order chi connectivity index (χ0) is 14.9. The van der Waals surface area contributed by atoms with Gasteiger partial charge >= 0.3 is 12.2 Å². The Bertz CT molecular complexity index is 641. The minimum absolute atomic E-state index is 0.326. The third-order valence-electron chi connectivity index (χ3n) is 2.69. The van der Waals surface area contributed by atoms with Crippen molar-refractivity contribution in [1.29, 1.82) is 0 Å². The van der Waals surface area contributed by atoms with E-state index in [-0.39, 0.29) is 6.01 Å². The summed E-state index contributed by atoms with van der Waals surface area (Å²) in [5.74, 6) is 0.326. The molecule has 2 aromatic rings. The fraction of sp³-hybridized carbons (Fsp3) is 0.231. The number of aryl methyl sites for hydroxylation is 2. The highest BCUT2D eigenvalue weighted by atomic mass is 19.4. The normalized spacial score (nSPS) is 11.4. The van der Waals surface area contributed by atoms with E-state index in [1.54, 1.807) is 13.0 Å². The Balaban J connectivity index is 2.33. The minimum Gasteiger partial charge on any atom is -0.424 e. The number of nitrogen functional groups attached to an aromatic ring is 1. The largest absolute Gasteiger partial charge is 0.433 e. The Kier molecular flexibility index (Phi) is 3.52. The molecule has 0 atom stereocenters. The highest BCUT2D eigenvalue weighted by Crippen LogP contribution is 2.30. The van der Waals surface area contributed by atoms with E-state index in [0.717, 1.165) is 23.4 Å². The molecule has 0 unspecified atom stereocenters. The van der Waals surface area contributed by atoms with Crippen LogP contribution in [0.15, 0.2) is 24.4 Å². The van der Waals surface area contributed by atoms with E-state index in [1.165, 1.54) is 6.07 Å². The maximum absolute atomic E-state index is 12.5. The van der Waals surface area contributed by atoms with Crippen LogP contribution in [0.3, 0.4) is 0 Å². The Morgan fingerprint density at radius 3 is 2.50 bits per heavy atom. The zero-order valence-electron chi connectivity index (χ0n) is 10.8. The molecule has 0 saturated carbocycles. The summed E-state index contributed by atoms with van der Waals surface area (Å²) in [7, 11) is 0. The number of hydrogen-bond donors (Lipinski definition) is 1. The molecular weight excluding hydrogens is 271 g/mol. The van der Waals surface area contributed by atoms with Gasteiger partial charge < -0.3 is 10.5 Å². The van der Waals surface area contributed by atoms with Gasteiger partial charge in [0.05, 0.1) is 0 Å². The molecule has 0 saturated heterocycles. The first-order chi connectivity index (χ1) is 9.27. The molecule has 4 nitrogen and oxygen atoms in total.